The largest absolute Gasteiger partial charge is 0.325 e. The maximum absolute atomic E-state index is 12.2. The van der Waals surface area contributed by atoms with E-state index >= 15 is 0 Å². The lowest BCUT2D eigenvalue weighted by molar-refractivity contribution is -0.117. The molecule has 0 saturated heterocycles. The fourth-order valence-corrected chi connectivity index (χ4v) is 3.04. The van der Waals surface area contributed by atoms with Crippen molar-refractivity contribution < 1.29 is 4.79 Å². The van der Waals surface area contributed by atoms with Crippen molar-refractivity contribution in [2.45, 2.75) is 26.9 Å². The minimum Gasteiger partial charge on any atom is -0.325 e. The zero-order valence-electron chi connectivity index (χ0n) is 12.8. The summed E-state index contributed by atoms with van der Waals surface area (Å²) in [5.74, 6) is -0.0106. The first-order valence-electron chi connectivity index (χ1n) is 7.38. The van der Waals surface area contributed by atoms with Crippen LogP contribution in [0.2, 0.25) is 5.02 Å². The highest BCUT2D eigenvalue weighted by Crippen LogP contribution is 2.25. The van der Waals surface area contributed by atoms with Gasteiger partial charge in [0.05, 0.1) is 6.54 Å². The topological polar surface area (TPSA) is 32.3 Å². The van der Waals surface area contributed by atoms with Crippen molar-refractivity contribution in [3.05, 3.63) is 63.7 Å². The molecule has 0 bridgehead atoms. The van der Waals surface area contributed by atoms with E-state index in [4.69, 9.17) is 11.6 Å². The van der Waals surface area contributed by atoms with Gasteiger partial charge in [0.25, 0.3) is 0 Å². The molecule has 3 rings (SSSR count). The van der Waals surface area contributed by atoms with E-state index < -0.39 is 0 Å². The second kappa shape index (κ2) is 6.11. The normalized spacial score (nSPS) is 14.0. The molecule has 0 spiro atoms. The van der Waals surface area contributed by atoms with Gasteiger partial charge in [-0.1, -0.05) is 29.8 Å². The molecule has 0 atom stereocenters. The van der Waals surface area contributed by atoms with Crippen molar-refractivity contribution in [1.82, 2.24) is 4.90 Å². The molecule has 1 aliphatic rings. The van der Waals surface area contributed by atoms with E-state index in [-0.39, 0.29) is 5.91 Å². The summed E-state index contributed by atoms with van der Waals surface area (Å²) < 4.78 is 0. The van der Waals surface area contributed by atoms with Crippen molar-refractivity contribution in [1.29, 1.82) is 0 Å². The van der Waals surface area contributed by atoms with E-state index in [9.17, 15) is 4.79 Å². The number of benzene rings is 2. The van der Waals surface area contributed by atoms with Crippen LogP contribution in [0, 0.1) is 13.8 Å². The number of carbonyl (C=O) groups excluding carboxylic acids is 1. The zero-order valence-corrected chi connectivity index (χ0v) is 13.6. The third-order valence-corrected chi connectivity index (χ3v) is 4.31. The summed E-state index contributed by atoms with van der Waals surface area (Å²) in [6, 6.07) is 11.7. The maximum Gasteiger partial charge on any atom is 0.238 e. The van der Waals surface area contributed by atoms with Crippen molar-refractivity contribution in [3.8, 4) is 0 Å². The average Bonchev–Trinajstić information content (AvgIpc) is 2.80. The molecule has 1 heterocycles. The number of fused-ring (bicyclic) bond motifs is 1. The van der Waals surface area contributed by atoms with Gasteiger partial charge in [0.1, 0.15) is 0 Å². The Morgan fingerprint density at radius 1 is 1.14 bits per heavy atom. The van der Waals surface area contributed by atoms with E-state index in [1.807, 2.05) is 12.1 Å². The average molecular weight is 315 g/mol. The number of amides is 1. The van der Waals surface area contributed by atoms with Crippen LogP contribution in [0.3, 0.4) is 0 Å². The van der Waals surface area contributed by atoms with Gasteiger partial charge in [-0.2, -0.15) is 0 Å². The molecule has 0 saturated carbocycles. The Kier molecular flexibility index (Phi) is 4.19. The summed E-state index contributed by atoms with van der Waals surface area (Å²) in [7, 11) is 0. The van der Waals surface area contributed by atoms with Crippen LogP contribution in [0.15, 0.2) is 36.4 Å². The summed E-state index contributed by atoms with van der Waals surface area (Å²) in [5.41, 5.74) is 6.02. The highest BCUT2D eigenvalue weighted by atomic mass is 35.5. The van der Waals surface area contributed by atoms with Crippen LogP contribution < -0.4 is 5.32 Å². The molecule has 0 radical (unpaired) electrons. The van der Waals surface area contributed by atoms with E-state index in [2.05, 4.69) is 36.2 Å². The van der Waals surface area contributed by atoms with Gasteiger partial charge in [-0.3, -0.25) is 9.69 Å². The number of halogens is 1. The molecule has 114 valence electrons. The number of carbonyl (C=O) groups is 1. The first-order valence-corrected chi connectivity index (χ1v) is 7.76. The van der Waals surface area contributed by atoms with Crippen LogP contribution in [0.5, 0.6) is 0 Å². The second-order valence-corrected chi connectivity index (χ2v) is 6.35. The SMILES string of the molecule is Cc1cc2c(cc1C)CN(CC(=O)Nc1cccc(Cl)c1)C2. The molecule has 2 aromatic carbocycles. The van der Waals surface area contributed by atoms with Crippen molar-refractivity contribution in [2.24, 2.45) is 0 Å². The Morgan fingerprint density at radius 2 is 1.77 bits per heavy atom. The Balaban J connectivity index is 1.62. The quantitative estimate of drug-likeness (QED) is 0.931. The van der Waals surface area contributed by atoms with Crippen molar-refractivity contribution in [2.75, 3.05) is 11.9 Å². The van der Waals surface area contributed by atoms with Crippen LogP contribution in [0.25, 0.3) is 0 Å². The highest BCUT2D eigenvalue weighted by molar-refractivity contribution is 6.30. The fourth-order valence-electron chi connectivity index (χ4n) is 2.85. The molecule has 1 aliphatic heterocycles. The molecule has 4 heteroatoms. The molecule has 0 aromatic heterocycles. The number of aryl methyl sites for hydroxylation is 2. The third-order valence-electron chi connectivity index (χ3n) is 4.08. The van der Waals surface area contributed by atoms with Gasteiger partial charge in [0, 0.05) is 23.8 Å². The molecular formula is C18H19ClN2O. The standard InChI is InChI=1S/C18H19ClN2O/c1-12-6-14-9-21(10-15(14)7-13(12)2)11-18(22)20-17-5-3-4-16(19)8-17/h3-8H,9-11H2,1-2H3,(H,20,22). The number of hydrogen-bond acceptors (Lipinski definition) is 2. The monoisotopic (exact) mass is 314 g/mol. The number of anilines is 1. The summed E-state index contributed by atoms with van der Waals surface area (Å²) in [5, 5.41) is 3.52. The smallest absolute Gasteiger partial charge is 0.238 e. The van der Waals surface area contributed by atoms with E-state index in [0.29, 0.717) is 11.6 Å². The van der Waals surface area contributed by atoms with E-state index in [0.717, 1.165) is 18.8 Å². The van der Waals surface area contributed by atoms with Gasteiger partial charge in [-0.25, -0.2) is 0 Å². The molecular weight excluding hydrogens is 296 g/mol. The minimum atomic E-state index is -0.0106. The third kappa shape index (κ3) is 3.32. The first kappa shape index (κ1) is 15.1. The highest BCUT2D eigenvalue weighted by Gasteiger charge is 2.21. The summed E-state index contributed by atoms with van der Waals surface area (Å²) >= 11 is 5.93. The maximum atomic E-state index is 12.2. The molecule has 3 nitrogen and oxygen atoms in total. The molecule has 0 fully saturated rings. The minimum absolute atomic E-state index is 0.0106. The number of nitrogens with one attached hydrogen (secondary N) is 1. The predicted molar refractivity (Wildman–Crippen MR) is 90.1 cm³/mol. The van der Waals surface area contributed by atoms with E-state index in [1.54, 1.807) is 12.1 Å². The van der Waals surface area contributed by atoms with E-state index in [1.165, 1.54) is 22.3 Å². The lowest BCUT2D eigenvalue weighted by Gasteiger charge is -2.14. The molecule has 0 unspecified atom stereocenters. The summed E-state index contributed by atoms with van der Waals surface area (Å²) in [4.78, 5) is 14.3. The number of rotatable bonds is 3. The van der Waals surface area contributed by atoms with Crippen LogP contribution in [-0.2, 0) is 17.9 Å². The van der Waals surface area contributed by atoms with Crippen LogP contribution in [0.4, 0.5) is 5.69 Å². The second-order valence-electron chi connectivity index (χ2n) is 5.91. The van der Waals surface area contributed by atoms with Crippen LogP contribution in [0.1, 0.15) is 22.3 Å². The van der Waals surface area contributed by atoms with Crippen molar-refractivity contribution in [3.63, 3.8) is 0 Å². The van der Waals surface area contributed by atoms with Gasteiger partial charge in [-0.15, -0.1) is 0 Å². The lowest BCUT2D eigenvalue weighted by atomic mass is 10.0. The van der Waals surface area contributed by atoms with Gasteiger partial charge in [-0.05, 0) is 54.3 Å². The van der Waals surface area contributed by atoms with Gasteiger partial charge in [0.2, 0.25) is 5.91 Å². The summed E-state index contributed by atoms with van der Waals surface area (Å²) in [6.45, 7) is 6.31. The molecule has 1 N–H and O–H groups in total. The Bertz CT molecular complexity index is 696. The Hall–Kier alpha value is -1.84. The van der Waals surface area contributed by atoms with Gasteiger partial charge >= 0.3 is 0 Å². The first-order chi connectivity index (χ1) is 10.5. The van der Waals surface area contributed by atoms with Gasteiger partial charge in [0.15, 0.2) is 0 Å². The van der Waals surface area contributed by atoms with Crippen LogP contribution in [-0.4, -0.2) is 17.4 Å². The number of nitrogens with zero attached hydrogens (tertiary/aromatic N) is 1. The van der Waals surface area contributed by atoms with Crippen LogP contribution >= 0.6 is 11.6 Å². The van der Waals surface area contributed by atoms with Crippen molar-refractivity contribution >= 4 is 23.2 Å². The zero-order chi connectivity index (χ0) is 15.7. The molecule has 1 amide bonds. The Morgan fingerprint density at radius 3 is 2.36 bits per heavy atom. The summed E-state index contributed by atoms with van der Waals surface area (Å²) in [6.07, 6.45) is 0. The molecule has 22 heavy (non-hydrogen) atoms. The lowest BCUT2D eigenvalue weighted by Crippen LogP contribution is -2.29. The predicted octanol–water partition coefficient (Wildman–Crippen LogP) is 3.91. The fraction of sp³-hybridized carbons (Fsp3) is 0.278. The number of hydrogen-bond donors (Lipinski definition) is 1. The van der Waals surface area contributed by atoms with Gasteiger partial charge < -0.3 is 5.32 Å². The Labute approximate surface area is 135 Å². The molecule has 2 aromatic rings. The molecule has 0 aliphatic carbocycles.